The highest BCUT2D eigenvalue weighted by Crippen LogP contribution is 2.39. The van der Waals surface area contributed by atoms with E-state index >= 15 is 0 Å². The van der Waals surface area contributed by atoms with E-state index in [-0.39, 0.29) is 11.9 Å². The standard InChI is InChI=1S/C22H15Cl2NO2S2/c1-13(14-5-3-2-4-6-14)25-21(26)20(29-22(25)28)12-16-8-10-19(27-16)17-9-7-15(23)11-18(17)24/h2-13H,1H3/b20-12+/t13-/m0/s1. The lowest BCUT2D eigenvalue weighted by atomic mass is 10.1. The number of carbonyl (C=O) groups is 1. The van der Waals surface area contributed by atoms with Crippen molar-refractivity contribution in [2.75, 3.05) is 0 Å². The number of rotatable bonds is 4. The van der Waals surface area contributed by atoms with Crippen molar-refractivity contribution in [3.05, 3.63) is 86.9 Å². The van der Waals surface area contributed by atoms with E-state index in [9.17, 15) is 4.79 Å². The first-order chi connectivity index (χ1) is 13.9. The van der Waals surface area contributed by atoms with E-state index in [1.54, 1.807) is 35.2 Å². The van der Waals surface area contributed by atoms with Gasteiger partial charge in [-0.2, -0.15) is 0 Å². The summed E-state index contributed by atoms with van der Waals surface area (Å²) in [4.78, 5) is 15.1. The Morgan fingerprint density at radius 1 is 1.10 bits per heavy atom. The quantitative estimate of drug-likeness (QED) is 0.304. The smallest absolute Gasteiger partial charge is 0.266 e. The molecule has 0 aliphatic carbocycles. The van der Waals surface area contributed by atoms with Crippen LogP contribution < -0.4 is 0 Å². The summed E-state index contributed by atoms with van der Waals surface area (Å²) in [6.07, 6.45) is 1.71. The Morgan fingerprint density at radius 2 is 1.86 bits per heavy atom. The van der Waals surface area contributed by atoms with Crippen LogP contribution in [0, 0.1) is 0 Å². The van der Waals surface area contributed by atoms with Gasteiger partial charge in [0.05, 0.1) is 16.0 Å². The molecule has 3 aromatic rings. The zero-order valence-corrected chi connectivity index (χ0v) is 18.4. The van der Waals surface area contributed by atoms with Crippen LogP contribution in [0.1, 0.15) is 24.3 Å². The molecule has 1 amide bonds. The van der Waals surface area contributed by atoms with Crippen molar-refractivity contribution in [3.8, 4) is 11.3 Å². The fourth-order valence-corrected chi connectivity index (χ4v) is 4.99. The Morgan fingerprint density at radius 3 is 2.59 bits per heavy atom. The van der Waals surface area contributed by atoms with Crippen LogP contribution in [0.4, 0.5) is 0 Å². The molecule has 4 rings (SSSR count). The molecule has 1 aliphatic rings. The molecular weight excluding hydrogens is 445 g/mol. The number of thioether (sulfide) groups is 1. The summed E-state index contributed by atoms with van der Waals surface area (Å²) in [6.45, 7) is 1.97. The van der Waals surface area contributed by atoms with E-state index in [0.717, 1.165) is 11.1 Å². The average molecular weight is 460 g/mol. The van der Waals surface area contributed by atoms with Gasteiger partial charge in [-0.15, -0.1) is 0 Å². The summed E-state index contributed by atoms with van der Waals surface area (Å²) in [6, 6.07) is 18.5. The lowest BCUT2D eigenvalue weighted by Gasteiger charge is -2.23. The van der Waals surface area contributed by atoms with E-state index in [2.05, 4.69) is 0 Å². The van der Waals surface area contributed by atoms with Crippen molar-refractivity contribution in [2.24, 2.45) is 0 Å². The van der Waals surface area contributed by atoms with Crippen molar-refractivity contribution in [3.63, 3.8) is 0 Å². The number of thiocarbonyl (C=S) groups is 1. The third-order valence-corrected chi connectivity index (χ3v) is 6.47. The first kappa shape index (κ1) is 20.2. The molecule has 0 unspecified atom stereocenters. The summed E-state index contributed by atoms with van der Waals surface area (Å²) in [5.74, 6) is 1.03. The highest BCUT2D eigenvalue weighted by atomic mass is 35.5. The normalized spacial score (nSPS) is 16.7. The SMILES string of the molecule is C[C@@H](c1ccccc1)N1C(=O)/C(=C\c2ccc(-c3ccc(Cl)cc3Cl)o2)SC1=S. The highest BCUT2D eigenvalue weighted by molar-refractivity contribution is 8.26. The summed E-state index contributed by atoms with van der Waals surface area (Å²) in [5, 5.41) is 1.06. The number of hydrogen-bond donors (Lipinski definition) is 0. The van der Waals surface area contributed by atoms with Gasteiger partial charge in [0.15, 0.2) is 0 Å². The molecule has 29 heavy (non-hydrogen) atoms. The van der Waals surface area contributed by atoms with Crippen molar-refractivity contribution >= 4 is 63.5 Å². The Kier molecular flexibility index (Phi) is 5.83. The fourth-order valence-electron chi connectivity index (χ4n) is 3.09. The van der Waals surface area contributed by atoms with Gasteiger partial charge in [0.25, 0.3) is 5.91 Å². The molecule has 1 aromatic heterocycles. The summed E-state index contributed by atoms with van der Waals surface area (Å²) < 4.78 is 6.42. The number of nitrogens with zero attached hydrogens (tertiary/aromatic N) is 1. The van der Waals surface area contributed by atoms with Gasteiger partial charge < -0.3 is 4.42 Å². The van der Waals surface area contributed by atoms with Crippen LogP contribution >= 0.6 is 47.2 Å². The van der Waals surface area contributed by atoms with Crippen LogP contribution in [0.5, 0.6) is 0 Å². The second-order valence-corrected chi connectivity index (χ2v) is 8.98. The van der Waals surface area contributed by atoms with E-state index in [4.69, 9.17) is 39.8 Å². The molecule has 7 heteroatoms. The third kappa shape index (κ3) is 4.14. The minimum absolute atomic E-state index is 0.126. The van der Waals surface area contributed by atoms with Gasteiger partial charge in [0.1, 0.15) is 15.8 Å². The monoisotopic (exact) mass is 459 g/mol. The number of benzene rings is 2. The van der Waals surface area contributed by atoms with Crippen LogP contribution in [0.3, 0.4) is 0 Å². The van der Waals surface area contributed by atoms with E-state index in [1.807, 2.05) is 43.3 Å². The molecule has 0 spiro atoms. The predicted octanol–water partition coefficient (Wildman–Crippen LogP) is 7.22. The van der Waals surface area contributed by atoms with Gasteiger partial charge in [-0.05, 0) is 42.8 Å². The van der Waals surface area contributed by atoms with Gasteiger partial charge in [-0.1, -0.05) is 77.5 Å². The Labute approximate surface area is 188 Å². The van der Waals surface area contributed by atoms with Gasteiger partial charge >= 0.3 is 0 Å². The third-order valence-electron chi connectivity index (χ3n) is 4.59. The maximum Gasteiger partial charge on any atom is 0.266 e. The van der Waals surface area contributed by atoms with Crippen molar-refractivity contribution in [2.45, 2.75) is 13.0 Å². The molecule has 0 saturated carbocycles. The number of furan rings is 1. The van der Waals surface area contributed by atoms with Crippen LogP contribution in [0.2, 0.25) is 10.0 Å². The largest absolute Gasteiger partial charge is 0.457 e. The first-order valence-electron chi connectivity index (χ1n) is 8.81. The summed E-state index contributed by atoms with van der Waals surface area (Å²) in [7, 11) is 0. The van der Waals surface area contributed by atoms with Crippen molar-refractivity contribution in [1.82, 2.24) is 4.90 Å². The molecule has 2 aromatic carbocycles. The van der Waals surface area contributed by atoms with Gasteiger partial charge in [0.2, 0.25) is 0 Å². The van der Waals surface area contributed by atoms with Crippen LogP contribution in [-0.2, 0) is 4.79 Å². The topological polar surface area (TPSA) is 33.5 Å². The zero-order chi connectivity index (χ0) is 20.5. The molecule has 2 heterocycles. The van der Waals surface area contributed by atoms with E-state index < -0.39 is 0 Å². The van der Waals surface area contributed by atoms with Crippen LogP contribution in [-0.4, -0.2) is 15.1 Å². The maximum atomic E-state index is 13.0. The van der Waals surface area contributed by atoms with Gasteiger partial charge in [-0.3, -0.25) is 9.69 Å². The number of amides is 1. The minimum Gasteiger partial charge on any atom is -0.457 e. The number of halogens is 2. The molecule has 1 aliphatic heterocycles. The summed E-state index contributed by atoms with van der Waals surface area (Å²) >= 11 is 19.0. The lowest BCUT2D eigenvalue weighted by molar-refractivity contribution is -0.123. The van der Waals surface area contributed by atoms with Crippen LogP contribution in [0.25, 0.3) is 17.4 Å². The van der Waals surface area contributed by atoms with E-state index in [0.29, 0.717) is 30.8 Å². The molecule has 0 bridgehead atoms. The van der Waals surface area contributed by atoms with E-state index in [1.165, 1.54) is 11.8 Å². The molecule has 1 fully saturated rings. The Hall–Kier alpha value is -2.05. The Bertz CT molecular complexity index is 1120. The molecular formula is C22H15Cl2NO2S2. The molecule has 3 nitrogen and oxygen atoms in total. The predicted molar refractivity (Wildman–Crippen MR) is 124 cm³/mol. The van der Waals surface area contributed by atoms with Crippen molar-refractivity contribution < 1.29 is 9.21 Å². The van der Waals surface area contributed by atoms with Crippen molar-refractivity contribution in [1.29, 1.82) is 0 Å². The van der Waals surface area contributed by atoms with Gasteiger partial charge in [-0.25, -0.2) is 0 Å². The summed E-state index contributed by atoms with van der Waals surface area (Å²) in [5.41, 5.74) is 1.77. The Balaban J connectivity index is 1.59. The molecule has 146 valence electrons. The minimum atomic E-state index is -0.144. The maximum absolute atomic E-state index is 13.0. The number of carbonyl (C=O) groups excluding carboxylic acids is 1. The van der Waals surface area contributed by atoms with Crippen LogP contribution in [0.15, 0.2) is 70.0 Å². The molecule has 0 radical (unpaired) electrons. The molecule has 1 atom stereocenters. The average Bonchev–Trinajstić information content (AvgIpc) is 3.26. The lowest BCUT2D eigenvalue weighted by Crippen LogP contribution is -2.30. The number of hydrogen-bond acceptors (Lipinski definition) is 4. The fraction of sp³-hybridized carbons (Fsp3) is 0.0909. The molecule has 0 N–H and O–H groups in total. The molecule has 1 saturated heterocycles. The highest BCUT2D eigenvalue weighted by Gasteiger charge is 2.36. The second kappa shape index (κ2) is 8.36. The first-order valence-corrected chi connectivity index (χ1v) is 10.8. The van der Waals surface area contributed by atoms with Gasteiger partial charge in [0, 0.05) is 16.7 Å². The zero-order valence-electron chi connectivity index (χ0n) is 15.3. The second-order valence-electron chi connectivity index (χ2n) is 6.46.